The zero-order chi connectivity index (χ0) is 12.7. The van der Waals surface area contributed by atoms with Crippen LogP contribution in [0.3, 0.4) is 0 Å². The molecule has 90 valence electrons. The van der Waals surface area contributed by atoms with Crippen LogP contribution in [0.15, 0.2) is 12.1 Å². The van der Waals surface area contributed by atoms with E-state index in [9.17, 15) is 9.50 Å². The minimum absolute atomic E-state index is 0.0431. The Bertz CT molecular complexity index is 408. The molecule has 16 heavy (non-hydrogen) atoms. The fourth-order valence-electron chi connectivity index (χ4n) is 1.30. The lowest BCUT2D eigenvalue weighted by Gasteiger charge is -2.38. The zero-order valence-corrected chi connectivity index (χ0v) is 11.2. The summed E-state index contributed by atoms with van der Waals surface area (Å²) < 4.78 is 13.4. The third-order valence-corrected chi connectivity index (χ3v) is 3.60. The highest BCUT2D eigenvalue weighted by atomic mass is 35.5. The van der Waals surface area contributed by atoms with Gasteiger partial charge in [-0.3, -0.25) is 0 Å². The van der Waals surface area contributed by atoms with Crippen molar-refractivity contribution in [3.63, 3.8) is 0 Å². The number of hydrogen-bond donors (Lipinski definition) is 1. The van der Waals surface area contributed by atoms with Crippen molar-refractivity contribution in [2.75, 3.05) is 0 Å². The van der Waals surface area contributed by atoms with Crippen LogP contribution in [0, 0.1) is 11.2 Å². The molecule has 0 aliphatic rings. The molecule has 0 saturated heterocycles. The van der Waals surface area contributed by atoms with Crippen molar-refractivity contribution in [1.29, 1.82) is 0 Å². The Morgan fingerprint density at radius 3 is 2.00 bits per heavy atom. The maximum Gasteiger partial charge on any atom is 0.142 e. The highest BCUT2D eigenvalue weighted by molar-refractivity contribution is 6.35. The second-order valence-electron chi connectivity index (χ2n) is 5.07. The molecule has 1 N–H and O–H groups in total. The fourth-order valence-corrected chi connectivity index (χ4v) is 1.87. The lowest BCUT2D eigenvalue weighted by atomic mass is 9.73. The van der Waals surface area contributed by atoms with Gasteiger partial charge in [0.2, 0.25) is 0 Å². The van der Waals surface area contributed by atoms with Gasteiger partial charge >= 0.3 is 0 Å². The van der Waals surface area contributed by atoms with Gasteiger partial charge in [-0.05, 0) is 24.5 Å². The first-order valence-corrected chi connectivity index (χ1v) is 5.70. The van der Waals surface area contributed by atoms with Crippen LogP contribution in [0.1, 0.15) is 33.3 Å². The van der Waals surface area contributed by atoms with Crippen molar-refractivity contribution in [3.05, 3.63) is 33.6 Å². The number of rotatable bonds is 1. The van der Waals surface area contributed by atoms with Crippen molar-refractivity contribution in [1.82, 2.24) is 0 Å². The van der Waals surface area contributed by atoms with E-state index in [4.69, 9.17) is 23.2 Å². The van der Waals surface area contributed by atoms with Crippen LogP contribution in [-0.4, -0.2) is 5.11 Å². The number of benzene rings is 1. The Labute approximate surface area is 105 Å². The average molecular weight is 265 g/mol. The summed E-state index contributed by atoms with van der Waals surface area (Å²) in [6.45, 7) is 7.18. The average Bonchev–Trinajstić information content (AvgIpc) is 2.09. The normalized spacial score (nSPS) is 16.0. The summed E-state index contributed by atoms with van der Waals surface area (Å²) in [4.78, 5) is 0. The molecule has 0 fully saturated rings. The molecule has 0 spiro atoms. The van der Waals surface area contributed by atoms with Crippen LogP contribution < -0.4 is 0 Å². The van der Waals surface area contributed by atoms with E-state index in [1.165, 1.54) is 12.1 Å². The SMILES string of the molecule is CC(C)(C)C(C)(O)c1cc(F)c(Cl)cc1Cl. The number of aliphatic hydroxyl groups is 1. The fraction of sp³-hybridized carbons (Fsp3) is 0.500. The summed E-state index contributed by atoms with van der Waals surface area (Å²) in [7, 11) is 0. The molecule has 1 nitrogen and oxygen atoms in total. The molecule has 0 aliphatic carbocycles. The molecule has 1 atom stereocenters. The highest BCUT2D eigenvalue weighted by Gasteiger charge is 2.38. The summed E-state index contributed by atoms with van der Waals surface area (Å²) in [5.41, 5.74) is -1.34. The first-order chi connectivity index (χ1) is 7.07. The predicted octanol–water partition coefficient (Wildman–Crippen LogP) is 4.39. The van der Waals surface area contributed by atoms with Crippen LogP contribution in [0.4, 0.5) is 4.39 Å². The molecule has 0 aromatic heterocycles. The van der Waals surface area contributed by atoms with E-state index in [2.05, 4.69) is 0 Å². The largest absolute Gasteiger partial charge is 0.385 e. The summed E-state index contributed by atoms with van der Waals surface area (Å²) in [5, 5.41) is 10.7. The minimum Gasteiger partial charge on any atom is -0.385 e. The van der Waals surface area contributed by atoms with Crippen molar-refractivity contribution in [2.45, 2.75) is 33.3 Å². The van der Waals surface area contributed by atoms with E-state index in [1.54, 1.807) is 6.92 Å². The van der Waals surface area contributed by atoms with Crippen LogP contribution in [0.2, 0.25) is 10.0 Å². The Kier molecular flexibility index (Phi) is 3.59. The molecule has 0 amide bonds. The summed E-state index contributed by atoms with van der Waals surface area (Å²) in [6, 6.07) is 2.50. The molecule has 0 saturated carbocycles. The van der Waals surface area contributed by atoms with Crippen molar-refractivity contribution >= 4 is 23.2 Å². The Morgan fingerprint density at radius 1 is 1.06 bits per heavy atom. The number of hydrogen-bond acceptors (Lipinski definition) is 1. The maximum absolute atomic E-state index is 13.4. The lowest BCUT2D eigenvalue weighted by molar-refractivity contribution is -0.0471. The van der Waals surface area contributed by atoms with E-state index >= 15 is 0 Å². The first kappa shape index (κ1) is 13.8. The van der Waals surface area contributed by atoms with Gasteiger partial charge in [-0.2, -0.15) is 0 Å². The summed E-state index contributed by atoms with van der Waals surface area (Å²) in [5.74, 6) is -0.578. The molecule has 0 bridgehead atoms. The van der Waals surface area contributed by atoms with Crippen LogP contribution >= 0.6 is 23.2 Å². The van der Waals surface area contributed by atoms with Gasteiger partial charge in [-0.15, -0.1) is 0 Å². The van der Waals surface area contributed by atoms with Crippen LogP contribution in [0.25, 0.3) is 0 Å². The van der Waals surface area contributed by atoms with Crippen molar-refractivity contribution in [2.24, 2.45) is 5.41 Å². The van der Waals surface area contributed by atoms with Crippen molar-refractivity contribution in [3.8, 4) is 0 Å². The van der Waals surface area contributed by atoms with Gasteiger partial charge in [0.15, 0.2) is 0 Å². The van der Waals surface area contributed by atoms with E-state index < -0.39 is 16.8 Å². The maximum atomic E-state index is 13.4. The predicted molar refractivity (Wildman–Crippen MR) is 65.4 cm³/mol. The first-order valence-electron chi connectivity index (χ1n) is 4.95. The lowest BCUT2D eigenvalue weighted by Crippen LogP contribution is -2.37. The molecule has 1 aromatic carbocycles. The molecule has 1 aromatic rings. The zero-order valence-electron chi connectivity index (χ0n) is 9.74. The van der Waals surface area contributed by atoms with E-state index in [-0.39, 0.29) is 10.0 Å². The van der Waals surface area contributed by atoms with Gasteiger partial charge < -0.3 is 5.11 Å². The molecule has 1 rings (SSSR count). The van der Waals surface area contributed by atoms with E-state index in [0.717, 1.165) is 0 Å². The van der Waals surface area contributed by atoms with Crippen LogP contribution in [-0.2, 0) is 5.60 Å². The smallest absolute Gasteiger partial charge is 0.142 e. The van der Waals surface area contributed by atoms with Crippen molar-refractivity contribution < 1.29 is 9.50 Å². The third-order valence-electron chi connectivity index (χ3n) is 2.99. The molecule has 0 aliphatic heterocycles. The van der Waals surface area contributed by atoms with Gasteiger partial charge in [-0.1, -0.05) is 44.0 Å². The summed E-state index contributed by atoms with van der Waals surface area (Å²) in [6.07, 6.45) is 0. The van der Waals surface area contributed by atoms with E-state index in [1.807, 2.05) is 20.8 Å². The topological polar surface area (TPSA) is 20.2 Å². The molecule has 0 radical (unpaired) electrons. The number of halogens is 3. The molecule has 0 heterocycles. The van der Waals surface area contributed by atoms with Gasteiger partial charge in [0.05, 0.1) is 10.6 Å². The molecule has 4 heteroatoms. The molecule has 1 unspecified atom stereocenters. The minimum atomic E-state index is -1.23. The Morgan fingerprint density at radius 2 is 1.56 bits per heavy atom. The quantitative estimate of drug-likeness (QED) is 0.747. The van der Waals surface area contributed by atoms with Gasteiger partial charge in [-0.25, -0.2) is 4.39 Å². The Hall–Kier alpha value is -0.310. The Balaban J connectivity index is 3.39. The summed E-state index contributed by atoms with van der Waals surface area (Å²) >= 11 is 11.6. The van der Waals surface area contributed by atoms with E-state index in [0.29, 0.717) is 5.56 Å². The highest BCUT2D eigenvalue weighted by Crippen LogP contribution is 2.42. The van der Waals surface area contributed by atoms with Crippen LogP contribution in [0.5, 0.6) is 0 Å². The monoisotopic (exact) mass is 264 g/mol. The third kappa shape index (κ3) is 2.34. The van der Waals surface area contributed by atoms with Gasteiger partial charge in [0.1, 0.15) is 5.82 Å². The second kappa shape index (κ2) is 4.17. The second-order valence-corrected chi connectivity index (χ2v) is 5.88. The standard InChI is InChI=1S/C12H15Cl2FO/c1-11(2,3)12(4,16)7-5-10(15)9(14)6-8(7)13/h5-6,16H,1-4H3. The van der Waals surface area contributed by atoms with Gasteiger partial charge in [0, 0.05) is 10.6 Å². The van der Waals surface area contributed by atoms with Gasteiger partial charge in [0.25, 0.3) is 0 Å². The molecular weight excluding hydrogens is 250 g/mol. The molecular formula is C12H15Cl2FO.